The molecular formula is C16H19BrN2O3. The Hall–Kier alpha value is -1.40. The summed E-state index contributed by atoms with van der Waals surface area (Å²) < 4.78 is 6.01. The lowest BCUT2D eigenvalue weighted by molar-refractivity contribution is -0.143. The fourth-order valence-electron chi connectivity index (χ4n) is 3.40. The Kier molecular flexibility index (Phi) is 3.99. The SMILES string of the molecule is COC[C@@H]1CCCN1C(=O)[C@]1(C)C(=O)Nc2c(Br)cccc21. The van der Waals surface area contributed by atoms with Crippen molar-refractivity contribution in [1.82, 2.24) is 4.90 Å². The maximum absolute atomic E-state index is 13.1. The topological polar surface area (TPSA) is 58.6 Å². The molecule has 1 aromatic rings. The van der Waals surface area contributed by atoms with Crippen LogP contribution in [0.3, 0.4) is 0 Å². The number of methoxy groups -OCH3 is 1. The number of benzene rings is 1. The number of nitrogens with zero attached hydrogens (tertiary/aromatic N) is 1. The quantitative estimate of drug-likeness (QED) is 0.835. The first-order valence-corrected chi connectivity index (χ1v) is 8.20. The van der Waals surface area contributed by atoms with Crippen LogP contribution in [0.5, 0.6) is 0 Å². The fourth-order valence-corrected chi connectivity index (χ4v) is 3.86. The van der Waals surface area contributed by atoms with Crippen LogP contribution in [0.1, 0.15) is 25.3 Å². The van der Waals surface area contributed by atoms with Gasteiger partial charge in [-0.15, -0.1) is 0 Å². The number of carbonyl (C=O) groups excluding carboxylic acids is 2. The Balaban J connectivity index is 1.99. The van der Waals surface area contributed by atoms with Gasteiger partial charge in [0, 0.05) is 23.7 Å². The third-order valence-electron chi connectivity index (χ3n) is 4.67. The van der Waals surface area contributed by atoms with Gasteiger partial charge in [0.1, 0.15) is 0 Å². The third-order valence-corrected chi connectivity index (χ3v) is 5.33. The van der Waals surface area contributed by atoms with Crippen LogP contribution in [0.4, 0.5) is 5.69 Å². The van der Waals surface area contributed by atoms with Crippen molar-refractivity contribution in [3.8, 4) is 0 Å². The number of amides is 2. The van der Waals surface area contributed by atoms with Crippen molar-refractivity contribution in [3.05, 3.63) is 28.2 Å². The van der Waals surface area contributed by atoms with Crippen molar-refractivity contribution < 1.29 is 14.3 Å². The van der Waals surface area contributed by atoms with Crippen molar-refractivity contribution in [2.45, 2.75) is 31.2 Å². The molecule has 2 amide bonds. The van der Waals surface area contributed by atoms with Crippen LogP contribution in [0.25, 0.3) is 0 Å². The molecule has 0 bridgehead atoms. The second kappa shape index (κ2) is 5.66. The van der Waals surface area contributed by atoms with E-state index in [2.05, 4.69) is 21.2 Å². The number of anilines is 1. The molecule has 1 saturated heterocycles. The van der Waals surface area contributed by atoms with Gasteiger partial charge in [0.05, 0.1) is 18.3 Å². The van der Waals surface area contributed by atoms with Gasteiger partial charge in [-0.1, -0.05) is 12.1 Å². The van der Waals surface area contributed by atoms with E-state index in [-0.39, 0.29) is 17.9 Å². The van der Waals surface area contributed by atoms with E-state index in [4.69, 9.17) is 4.74 Å². The Morgan fingerprint density at radius 3 is 3.05 bits per heavy atom. The molecule has 2 aliphatic heterocycles. The minimum atomic E-state index is -1.17. The van der Waals surface area contributed by atoms with Gasteiger partial charge in [-0.25, -0.2) is 0 Å². The van der Waals surface area contributed by atoms with Crippen molar-refractivity contribution >= 4 is 33.4 Å². The van der Waals surface area contributed by atoms with Crippen LogP contribution in [0.15, 0.2) is 22.7 Å². The predicted octanol–water partition coefficient (Wildman–Crippen LogP) is 2.30. The van der Waals surface area contributed by atoms with Gasteiger partial charge in [-0.3, -0.25) is 9.59 Å². The second-order valence-corrected chi connectivity index (χ2v) is 6.85. The summed E-state index contributed by atoms with van der Waals surface area (Å²) in [6.45, 7) is 2.90. The summed E-state index contributed by atoms with van der Waals surface area (Å²) in [5, 5.41) is 2.84. The Morgan fingerprint density at radius 1 is 1.55 bits per heavy atom. The first-order chi connectivity index (χ1) is 10.5. The summed E-state index contributed by atoms with van der Waals surface area (Å²) in [6.07, 6.45) is 1.87. The zero-order valence-corrected chi connectivity index (χ0v) is 14.3. The lowest BCUT2D eigenvalue weighted by atomic mass is 9.82. The van der Waals surface area contributed by atoms with Gasteiger partial charge < -0.3 is 15.0 Å². The molecule has 1 fully saturated rings. The smallest absolute Gasteiger partial charge is 0.244 e. The van der Waals surface area contributed by atoms with E-state index in [1.54, 1.807) is 18.9 Å². The summed E-state index contributed by atoms with van der Waals surface area (Å²) >= 11 is 3.44. The van der Waals surface area contributed by atoms with Gasteiger partial charge in [-0.2, -0.15) is 0 Å². The molecular weight excluding hydrogens is 348 g/mol. The highest BCUT2D eigenvalue weighted by atomic mass is 79.9. The molecule has 0 aliphatic carbocycles. The molecule has 2 aliphatic rings. The highest BCUT2D eigenvalue weighted by Gasteiger charge is 2.52. The van der Waals surface area contributed by atoms with Gasteiger partial charge in [-0.05, 0) is 41.8 Å². The summed E-state index contributed by atoms with van der Waals surface area (Å²) in [7, 11) is 1.64. The molecule has 0 unspecified atom stereocenters. The van der Waals surface area contributed by atoms with Crippen molar-refractivity contribution in [1.29, 1.82) is 0 Å². The number of nitrogens with one attached hydrogen (secondary N) is 1. The summed E-state index contributed by atoms with van der Waals surface area (Å²) in [5.41, 5.74) is 0.265. The Bertz CT molecular complexity index is 634. The normalized spacial score (nSPS) is 27.0. The molecule has 3 rings (SSSR count). The fraction of sp³-hybridized carbons (Fsp3) is 0.500. The van der Waals surface area contributed by atoms with Gasteiger partial charge in [0.15, 0.2) is 5.41 Å². The van der Waals surface area contributed by atoms with Gasteiger partial charge >= 0.3 is 0 Å². The van der Waals surface area contributed by atoms with E-state index in [0.717, 1.165) is 22.9 Å². The molecule has 2 atom stereocenters. The van der Waals surface area contributed by atoms with E-state index in [0.29, 0.717) is 18.8 Å². The van der Waals surface area contributed by atoms with E-state index in [1.165, 1.54) is 0 Å². The molecule has 6 heteroatoms. The van der Waals surface area contributed by atoms with Gasteiger partial charge in [0.2, 0.25) is 11.8 Å². The second-order valence-electron chi connectivity index (χ2n) is 5.99. The molecule has 0 saturated carbocycles. The van der Waals surface area contributed by atoms with E-state index in [1.807, 2.05) is 18.2 Å². The average molecular weight is 367 g/mol. The molecule has 0 radical (unpaired) electrons. The molecule has 5 nitrogen and oxygen atoms in total. The van der Waals surface area contributed by atoms with E-state index >= 15 is 0 Å². The summed E-state index contributed by atoms with van der Waals surface area (Å²) in [6, 6.07) is 5.61. The Labute approximate surface area is 138 Å². The zero-order valence-electron chi connectivity index (χ0n) is 12.7. The number of likely N-dealkylation sites (tertiary alicyclic amines) is 1. The first kappa shape index (κ1) is 15.5. The van der Waals surface area contributed by atoms with Crippen LogP contribution in [0.2, 0.25) is 0 Å². The van der Waals surface area contributed by atoms with Crippen LogP contribution in [-0.2, 0) is 19.7 Å². The molecule has 1 N–H and O–H groups in total. The van der Waals surface area contributed by atoms with Crippen LogP contribution < -0.4 is 5.32 Å². The number of hydrogen-bond donors (Lipinski definition) is 1. The third kappa shape index (κ3) is 2.16. The number of rotatable bonds is 3. The molecule has 0 spiro atoms. The monoisotopic (exact) mass is 366 g/mol. The number of carbonyl (C=O) groups is 2. The predicted molar refractivity (Wildman–Crippen MR) is 86.7 cm³/mol. The van der Waals surface area contributed by atoms with Crippen molar-refractivity contribution in [2.75, 3.05) is 25.6 Å². The lowest BCUT2D eigenvalue weighted by Gasteiger charge is -2.31. The standard InChI is InChI=1S/C16H19BrN2O3/c1-16(15(21)19-8-4-5-10(19)9-22-2)11-6-3-7-12(17)13(11)18-14(16)20/h3,6-7,10H,4-5,8-9H2,1-2H3,(H,18,20)/t10-,16-/m0/s1. The maximum atomic E-state index is 13.1. The number of para-hydroxylation sites is 1. The zero-order chi connectivity index (χ0) is 15.9. The highest BCUT2D eigenvalue weighted by Crippen LogP contribution is 2.43. The van der Waals surface area contributed by atoms with Crippen molar-refractivity contribution in [3.63, 3.8) is 0 Å². The van der Waals surface area contributed by atoms with E-state index < -0.39 is 5.41 Å². The summed E-state index contributed by atoms with van der Waals surface area (Å²) in [5.74, 6) is -0.399. The molecule has 118 valence electrons. The number of hydrogen-bond acceptors (Lipinski definition) is 3. The lowest BCUT2D eigenvalue weighted by Crippen LogP contribution is -2.51. The maximum Gasteiger partial charge on any atom is 0.244 e. The molecule has 0 aromatic heterocycles. The van der Waals surface area contributed by atoms with Crippen LogP contribution in [0, 0.1) is 0 Å². The first-order valence-electron chi connectivity index (χ1n) is 7.40. The highest BCUT2D eigenvalue weighted by molar-refractivity contribution is 9.10. The largest absolute Gasteiger partial charge is 0.383 e. The molecule has 1 aromatic carbocycles. The minimum Gasteiger partial charge on any atom is -0.383 e. The van der Waals surface area contributed by atoms with Gasteiger partial charge in [0.25, 0.3) is 0 Å². The summed E-state index contributed by atoms with van der Waals surface area (Å²) in [4.78, 5) is 27.5. The number of ether oxygens (including phenoxy) is 1. The Morgan fingerprint density at radius 2 is 2.32 bits per heavy atom. The number of fused-ring (bicyclic) bond motifs is 1. The molecule has 2 heterocycles. The van der Waals surface area contributed by atoms with Crippen molar-refractivity contribution in [2.24, 2.45) is 0 Å². The number of halogens is 1. The van der Waals surface area contributed by atoms with Crippen LogP contribution in [-0.4, -0.2) is 43.0 Å². The van der Waals surface area contributed by atoms with E-state index in [9.17, 15) is 9.59 Å². The minimum absolute atomic E-state index is 0.0540. The average Bonchev–Trinajstić information content (AvgIpc) is 3.05. The molecule has 22 heavy (non-hydrogen) atoms. The van der Waals surface area contributed by atoms with Crippen LogP contribution >= 0.6 is 15.9 Å².